The molecule has 0 aromatic rings. The third-order valence-electron chi connectivity index (χ3n) is 2.15. The van der Waals surface area contributed by atoms with E-state index in [1.807, 2.05) is 0 Å². The summed E-state index contributed by atoms with van der Waals surface area (Å²) < 4.78 is 4.97. The number of rotatable bonds is 5. The van der Waals surface area contributed by atoms with Crippen LogP contribution in [0, 0.1) is 11.8 Å². The molecule has 0 aromatic heterocycles. The zero-order chi connectivity index (χ0) is 7.98. The molecule has 0 aromatic carbocycles. The molecule has 0 spiro atoms. The Morgan fingerprint density at radius 1 is 1.20 bits per heavy atom. The van der Waals surface area contributed by atoms with Gasteiger partial charge in [-0.25, -0.2) is 0 Å². The van der Waals surface area contributed by atoms with E-state index in [1.54, 1.807) is 7.11 Å². The molecule has 0 N–H and O–H groups in total. The lowest BCUT2D eigenvalue weighted by Crippen LogP contribution is -2.04. The van der Waals surface area contributed by atoms with Crippen LogP contribution in [0.15, 0.2) is 0 Å². The van der Waals surface area contributed by atoms with Gasteiger partial charge in [-0.2, -0.15) is 0 Å². The van der Waals surface area contributed by atoms with E-state index in [0.29, 0.717) is 0 Å². The topological polar surface area (TPSA) is 9.23 Å². The predicted octanol–water partition coefficient (Wildman–Crippen LogP) is 2.71. The van der Waals surface area contributed by atoms with Crippen molar-refractivity contribution in [2.45, 2.75) is 33.6 Å². The van der Waals surface area contributed by atoms with Crippen LogP contribution in [0.3, 0.4) is 0 Å². The minimum absolute atomic E-state index is 0.817. The monoisotopic (exact) mass is 144 g/mol. The zero-order valence-electron chi connectivity index (χ0n) is 7.68. The molecule has 0 heterocycles. The van der Waals surface area contributed by atoms with E-state index in [-0.39, 0.29) is 0 Å². The third kappa shape index (κ3) is 4.80. The fourth-order valence-electron chi connectivity index (χ4n) is 0.883. The second-order valence-electron chi connectivity index (χ2n) is 3.36. The molecule has 0 bridgehead atoms. The van der Waals surface area contributed by atoms with Crippen LogP contribution in [0.2, 0.25) is 0 Å². The number of hydrogen-bond donors (Lipinski definition) is 0. The number of hydrogen-bond acceptors (Lipinski definition) is 1. The van der Waals surface area contributed by atoms with Crippen molar-refractivity contribution in [3.05, 3.63) is 0 Å². The average Bonchev–Trinajstić information content (AvgIpc) is 1.88. The highest BCUT2D eigenvalue weighted by Gasteiger charge is 2.05. The highest BCUT2D eigenvalue weighted by atomic mass is 16.5. The summed E-state index contributed by atoms with van der Waals surface area (Å²) in [6.07, 6.45) is 2.50. The van der Waals surface area contributed by atoms with Crippen LogP contribution < -0.4 is 0 Å². The van der Waals surface area contributed by atoms with Crippen LogP contribution in [0.4, 0.5) is 0 Å². The van der Waals surface area contributed by atoms with Crippen molar-refractivity contribution in [1.82, 2.24) is 0 Å². The van der Waals surface area contributed by atoms with E-state index >= 15 is 0 Å². The molecule has 1 unspecified atom stereocenters. The minimum atomic E-state index is 0.817. The zero-order valence-corrected chi connectivity index (χ0v) is 7.68. The molecule has 0 aliphatic carbocycles. The van der Waals surface area contributed by atoms with E-state index in [0.717, 1.165) is 18.4 Å². The molecule has 1 heteroatoms. The molecule has 0 saturated heterocycles. The van der Waals surface area contributed by atoms with Gasteiger partial charge < -0.3 is 4.74 Å². The fourth-order valence-corrected chi connectivity index (χ4v) is 0.883. The van der Waals surface area contributed by atoms with Gasteiger partial charge in [-0.3, -0.25) is 0 Å². The molecule has 1 atom stereocenters. The first-order valence-electron chi connectivity index (χ1n) is 4.17. The van der Waals surface area contributed by atoms with Gasteiger partial charge in [-0.15, -0.1) is 0 Å². The Balaban J connectivity index is 3.13. The van der Waals surface area contributed by atoms with Gasteiger partial charge in [0, 0.05) is 13.7 Å². The van der Waals surface area contributed by atoms with E-state index in [2.05, 4.69) is 20.8 Å². The molecule has 0 radical (unpaired) electrons. The van der Waals surface area contributed by atoms with Crippen LogP contribution in [-0.4, -0.2) is 13.7 Å². The molecular weight excluding hydrogens is 124 g/mol. The van der Waals surface area contributed by atoms with Gasteiger partial charge in [0.1, 0.15) is 0 Å². The molecule has 1 nitrogen and oxygen atoms in total. The molecular formula is C9H20O. The largest absolute Gasteiger partial charge is 0.385 e. The summed E-state index contributed by atoms with van der Waals surface area (Å²) in [6.45, 7) is 7.77. The van der Waals surface area contributed by atoms with E-state index in [1.165, 1.54) is 12.8 Å². The highest BCUT2D eigenvalue weighted by Crippen LogP contribution is 2.15. The van der Waals surface area contributed by atoms with Gasteiger partial charge in [0.05, 0.1) is 0 Å². The smallest absolute Gasteiger partial charge is 0.0462 e. The first-order chi connectivity index (χ1) is 4.68. The maximum absolute atomic E-state index is 4.97. The molecule has 0 saturated carbocycles. The Bertz CT molecular complexity index is 69.1. The molecule has 0 aliphatic rings. The summed E-state index contributed by atoms with van der Waals surface area (Å²) in [5.41, 5.74) is 0. The predicted molar refractivity (Wildman–Crippen MR) is 45.1 cm³/mol. The molecule has 10 heavy (non-hydrogen) atoms. The summed E-state index contributed by atoms with van der Waals surface area (Å²) in [4.78, 5) is 0. The average molecular weight is 144 g/mol. The summed E-state index contributed by atoms with van der Waals surface area (Å²) in [6, 6.07) is 0. The van der Waals surface area contributed by atoms with Crippen LogP contribution in [-0.2, 0) is 4.74 Å². The van der Waals surface area contributed by atoms with Crippen LogP contribution in [0.5, 0.6) is 0 Å². The lowest BCUT2D eigenvalue weighted by Gasteiger charge is -2.14. The summed E-state index contributed by atoms with van der Waals surface area (Å²) in [5.74, 6) is 1.66. The van der Waals surface area contributed by atoms with E-state index in [9.17, 15) is 0 Å². The molecule has 0 amide bonds. The second kappa shape index (κ2) is 5.72. The van der Waals surface area contributed by atoms with Crippen molar-refractivity contribution in [3.8, 4) is 0 Å². The number of ether oxygens (including phenoxy) is 1. The van der Waals surface area contributed by atoms with Gasteiger partial charge in [0.25, 0.3) is 0 Å². The minimum Gasteiger partial charge on any atom is -0.385 e. The Labute approximate surface area is 64.8 Å². The van der Waals surface area contributed by atoms with Gasteiger partial charge in [0.2, 0.25) is 0 Å². The highest BCUT2D eigenvalue weighted by molar-refractivity contribution is 4.56. The van der Waals surface area contributed by atoms with Crippen molar-refractivity contribution in [3.63, 3.8) is 0 Å². The summed E-state index contributed by atoms with van der Waals surface area (Å²) in [5, 5.41) is 0. The quantitative estimate of drug-likeness (QED) is 0.539. The van der Waals surface area contributed by atoms with Crippen LogP contribution >= 0.6 is 0 Å². The maximum atomic E-state index is 4.97. The van der Waals surface area contributed by atoms with Crippen molar-refractivity contribution >= 4 is 0 Å². The summed E-state index contributed by atoms with van der Waals surface area (Å²) >= 11 is 0. The Hall–Kier alpha value is -0.0400. The van der Waals surface area contributed by atoms with Crippen molar-refractivity contribution in [2.75, 3.05) is 13.7 Å². The first kappa shape index (κ1) is 9.96. The molecule has 0 aliphatic heterocycles. The normalized spacial score (nSPS) is 14.1. The van der Waals surface area contributed by atoms with Gasteiger partial charge in [0.15, 0.2) is 0 Å². The van der Waals surface area contributed by atoms with Crippen molar-refractivity contribution in [1.29, 1.82) is 0 Å². The Morgan fingerprint density at radius 3 is 2.20 bits per heavy atom. The van der Waals surface area contributed by atoms with Crippen molar-refractivity contribution < 1.29 is 4.74 Å². The van der Waals surface area contributed by atoms with Crippen LogP contribution in [0.1, 0.15) is 33.6 Å². The molecule has 0 fully saturated rings. The van der Waals surface area contributed by atoms with Crippen molar-refractivity contribution in [2.24, 2.45) is 11.8 Å². The number of methoxy groups -OCH3 is 1. The van der Waals surface area contributed by atoms with Gasteiger partial charge in [-0.05, 0) is 24.7 Å². The lowest BCUT2D eigenvalue weighted by molar-refractivity contribution is 0.183. The molecule has 0 rings (SSSR count). The molecule has 62 valence electrons. The van der Waals surface area contributed by atoms with Gasteiger partial charge >= 0.3 is 0 Å². The third-order valence-corrected chi connectivity index (χ3v) is 2.15. The SMILES string of the molecule is COCCCC(C)C(C)C. The standard InChI is InChI=1S/C9H20O/c1-8(2)9(3)6-5-7-10-4/h8-9H,5-7H2,1-4H3. The van der Waals surface area contributed by atoms with Crippen LogP contribution in [0.25, 0.3) is 0 Å². The fraction of sp³-hybridized carbons (Fsp3) is 1.00. The van der Waals surface area contributed by atoms with E-state index < -0.39 is 0 Å². The maximum Gasteiger partial charge on any atom is 0.0462 e. The second-order valence-corrected chi connectivity index (χ2v) is 3.36. The van der Waals surface area contributed by atoms with E-state index in [4.69, 9.17) is 4.74 Å². The van der Waals surface area contributed by atoms with Gasteiger partial charge in [-0.1, -0.05) is 20.8 Å². The lowest BCUT2D eigenvalue weighted by atomic mass is 9.93. The first-order valence-corrected chi connectivity index (χ1v) is 4.17. The Kier molecular flexibility index (Phi) is 5.70. The Morgan fingerprint density at radius 2 is 1.80 bits per heavy atom. The summed E-state index contributed by atoms with van der Waals surface area (Å²) in [7, 11) is 1.76.